The average Bonchev–Trinajstić information content (AvgIpc) is 2.34. The number of aryl methyl sites for hydroxylation is 1. The number of fused-ring (bicyclic) bond motifs is 1. The van der Waals surface area contributed by atoms with Gasteiger partial charge in [-0.25, -0.2) is 4.79 Å². The van der Waals surface area contributed by atoms with E-state index in [-0.39, 0.29) is 5.56 Å². The predicted molar refractivity (Wildman–Crippen MR) is 63.9 cm³/mol. The van der Waals surface area contributed by atoms with E-state index in [0.29, 0.717) is 17.5 Å². The van der Waals surface area contributed by atoms with Gasteiger partial charge in [-0.1, -0.05) is 6.08 Å². The Hall–Kier alpha value is -2.24. The highest BCUT2D eigenvalue weighted by molar-refractivity contribution is 5.77. The Morgan fingerprint density at radius 1 is 1.35 bits per heavy atom. The smallest absolute Gasteiger partial charge is 0.279 e. The predicted octanol–water partition coefficient (Wildman–Crippen LogP) is -0.244. The molecular weight excluding hydrogens is 220 g/mol. The lowest BCUT2D eigenvalue weighted by molar-refractivity contribution is 0.701. The van der Waals surface area contributed by atoms with Crippen molar-refractivity contribution in [3.63, 3.8) is 0 Å². The summed E-state index contributed by atoms with van der Waals surface area (Å²) < 4.78 is 2.38. The molecule has 0 atom stereocenters. The van der Waals surface area contributed by atoms with Crippen molar-refractivity contribution in [1.29, 1.82) is 0 Å². The Morgan fingerprint density at radius 2 is 2.06 bits per heavy atom. The average molecular weight is 232 g/mol. The van der Waals surface area contributed by atoms with Crippen LogP contribution in [0.1, 0.15) is 5.56 Å². The second kappa shape index (κ2) is 3.97. The second-order valence-corrected chi connectivity index (χ2v) is 3.77. The third kappa shape index (κ3) is 1.57. The van der Waals surface area contributed by atoms with Crippen molar-refractivity contribution in [3.8, 4) is 0 Å². The molecule has 2 aromatic heterocycles. The van der Waals surface area contributed by atoms with Gasteiger partial charge in [-0.15, -0.1) is 11.7 Å². The quantitative estimate of drug-likeness (QED) is 0.670. The number of nitrogens with zero attached hydrogens (tertiary/aromatic N) is 4. The van der Waals surface area contributed by atoms with Crippen molar-refractivity contribution in [2.24, 2.45) is 14.1 Å². The highest BCUT2D eigenvalue weighted by Crippen LogP contribution is 2.09. The number of hydrogen-bond donors (Lipinski definition) is 0. The first kappa shape index (κ1) is 11.3. The third-order valence-electron chi connectivity index (χ3n) is 2.69. The maximum atomic E-state index is 12.0. The Bertz CT molecular complexity index is 712. The van der Waals surface area contributed by atoms with Gasteiger partial charge in [-0.3, -0.25) is 13.9 Å². The summed E-state index contributed by atoms with van der Waals surface area (Å²) in [5.41, 5.74) is 0.265. The monoisotopic (exact) mass is 232 g/mol. The summed E-state index contributed by atoms with van der Waals surface area (Å²) in [7, 11) is 3.01. The molecule has 0 saturated heterocycles. The molecule has 0 spiro atoms. The summed E-state index contributed by atoms with van der Waals surface area (Å²) in [6.07, 6.45) is 3.72. The van der Waals surface area contributed by atoms with Crippen LogP contribution in [-0.2, 0) is 20.5 Å². The van der Waals surface area contributed by atoms with Crippen LogP contribution in [0.15, 0.2) is 28.4 Å². The summed E-state index contributed by atoms with van der Waals surface area (Å²) in [4.78, 5) is 23.8. The van der Waals surface area contributed by atoms with Crippen molar-refractivity contribution < 1.29 is 0 Å². The van der Waals surface area contributed by atoms with Gasteiger partial charge in [0.2, 0.25) is 0 Å². The molecule has 6 nitrogen and oxygen atoms in total. The van der Waals surface area contributed by atoms with Gasteiger partial charge >= 0.3 is 5.69 Å². The molecule has 17 heavy (non-hydrogen) atoms. The van der Waals surface area contributed by atoms with Gasteiger partial charge in [0.15, 0.2) is 5.65 Å². The Labute approximate surface area is 96.8 Å². The fourth-order valence-electron chi connectivity index (χ4n) is 1.76. The summed E-state index contributed by atoms with van der Waals surface area (Å²) in [6, 6.07) is 0. The van der Waals surface area contributed by atoms with Crippen molar-refractivity contribution in [1.82, 2.24) is 19.3 Å². The number of allylic oxidation sites excluding steroid dienone is 1. The topological polar surface area (TPSA) is 69.8 Å². The van der Waals surface area contributed by atoms with Crippen LogP contribution in [0.2, 0.25) is 0 Å². The van der Waals surface area contributed by atoms with E-state index in [4.69, 9.17) is 0 Å². The van der Waals surface area contributed by atoms with Crippen LogP contribution in [0.5, 0.6) is 0 Å². The highest BCUT2D eigenvalue weighted by atomic mass is 16.2. The SMILES string of the molecule is C=CCc1cnnc2c1c(=O)n(C)c(=O)n2C. The zero-order chi connectivity index (χ0) is 12.6. The third-order valence-corrected chi connectivity index (χ3v) is 2.69. The Morgan fingerprint density at radius 3 is 2.71 bits per heavy atom. The maximum absolute atomic E-state index is 12.0. The van der Waals surface area contributed by atoms with Crippen molar-refractivity contribution in [3.05, 3.63) is 45.3 Å². The number of hydrogen-bond acceptors (Lipinski definition) is 4. The second-order valence-electron chi connectivity index (χ2n) is 3.77. The van der Waals surface area contributed by atoms with E-state index in [9.17, 15) is 9.59 Å². The van der Waals surface area contributed by atoms with E-state index < -0.39 is 5.69 Å². The molecule has 0 unspecified atom stereocenters. The zero-order valence-electron chi connectivity index (χ0n) is 9.67. The number of rotatable bonds is 2. The molecule has 0 aliphatic rings. The highest BCUT2D eigenvalue weighted by Gasteiger charge is 2.12. The van der Waals surface area contributed by atoms with Gasteiger partial charge in [-0.2, -0.15) is 5.10 Å². The minimum absolute atomic E-state index is 0.303. The molecule has 0 fully saturated rings. The molecule has 0 aliphatic heterocycles. The van der Waals surface area contributed by atoms with E-state index in [1.165, 1.54) is 17.8 Å². The zero-order valence-corrected chi connectivity index (χ0v) is 9.67. The summed E-state index contributed by atoms with van der Waals surface area (Å²) in [5.74, 6) is 0. The van der Waals surface area contributed by atoms with Gasteiger partial charge in [0.25, 0.3) is 5.56 Å². The molecule has 0 N–H and O–H groups in total. The maximum Gasteiger partial charge on any atom is 0.332 e. The van der Waals surface area contributed by atoms with Gasteiger partial charge in [-0.05, 0) is 12.0 Å². The summed E-state index contributed by atoms with van der Waals surface area (Å²) in [5, 5.41) is 8.07. The van der Waals surface area contributed by atoms with Crippen molar-refractivity contribution in [2.75, 3.05) is 0 Å². The van der Waals surface area contributed by atoms with E-state index in [2.05, 4.69) is 16.8 Å². The van der Waals surface area contributed by atoms with Crippen molar-refractivity contribution >= 4 is 11.0 Å². The molecule has 0 aromatic carbocycles. The molecule has 0 saturated carbocycles. The molecular formula is C11H12N4O2. The van der Waals surface area contributed by atoms with E-state index in [0.717, 1.165) is 10.1 Å². The molecule has 2 aromatic rings. The molecule has 88 valence electrons. The lowest BCUT2D eigenvalue weighted by Gasteiger charge is -2.07. The number of aromatic nitrogens is 4. The van der Waals surface area contributed by atoms with Gasteiger partial charge < -0.3 is 0 Å². The molecule has 0 radical (unpaired) electrons. The van der Waals surface area contributed by atoms with Crippen LogP contribution >= 0.6 is 0 Å². The van der Waals surface area contributed by atoms with Crippen LogP contribution in [0.4, 0.5) is 0 Å². The molecule has 0 amide bonds. The molecule has 2 rings (SSSR count). The minimum Gasteiger partial charge on any atom is -0.279 e. The van der Waals surface area contributed by atoms with E-state index >= 15 is 0 Å². The molecule has 0 aliphatic carbocycles. The fourth-order valence-corrected chi connectivity index (χ4v) is 1.76. The summed E-state index contributed by atoms with van der Waals surface area (Å²) in [6.45, 7) is 3.63. The van der Waals surface area contributed by atoms with Crippen LogP contribution in [-0.4, -0.2) is 19.3 Å². The first-order valence-corrected chi connectivity index (χ1v) is 5.09. The lowest BCUT2D eigenvalue weighted by atomic mass is 10.1. The lowest BCUT2D eigenvalue weighted by Crippen LogP contribution is -2.37. The standard InChI is InChI=1S/C11H12N4O2/c1-4-5-7-6-12-13-9-8(7)10(16)15(3)11(17)14(9)2/h4,6H,1,5H2,2-3H3. The largest absolute Gasteiger partial charge is 0.332 e. The molecule has 6 heteroatoms. The normalized spacial score (nSPS) is 10.7. The first-order valence-electron chi connectivity index (χ1n) is 5.09. The summed E-state index contributed by atoms with van der Waals surface area (Å²) >= 11 is 0. The van der Waals surface area contributed by atoms with Crippen LogP contribution in [0.25, 0.3) is 11.0 Å². The van der Waals surface area contributed by atoms with E-state index in [1.807, 2.05) is 0 Å². The van der Waals surface area contributed by atoms with Crippen molar-refractivity contribution in [2.45, 2.75) is 6.42 Å². The molecule has 0 bridgehead atoms. The first-order chi connectivity index (χ1) is 8.07. The van der Waals surface area contributed by atoms with Crippen LogP contribution < -0.4 is 11.2 Å². The Balaban J connectivity index is 3.06. The van der Waals surface area contributed by atoms with Crippen LogP contribution in [0, 0.1) is 0 Å². The van der Waals surface area contributed by atoms with Gasteiger partial charge in [0.1, 0.15) is 0 Å². The fraction of sp³-hybridized carbons (Fsp3) is 0.273. The van der Waals surface area contributed by atoms with Gasteiger partial charge in [0, 0.05) is 14.1 Å². The minimum atomic E-state index is -0.410. The Kier molecular flexibility index (Phi) is 2.63. The molecule has 2 heterocycles. The van der Waals surface area contributed by atoms with E-state index in [1.54, 1.807) is 13.1 Å². The van der Waals surface area contributed by atoms with Gasteiger partial charge in [0.05, 0.1) is 11.6 Å². The van der Waals surface area contributed by atoms with Crippen LogP contribution in [0.3, 0.4) is 0 Å².